The number of carbonyl (C=O) groups is 1. The predicted octanol–water partition coefficient (Wildman–Crippen LogP) is 1.93. The Labute approximate surface area is 137 Å². The minimum atomic E-state index is -0.213. The predicted molar refractivity (Wildman–Crippen MR) is 87.2 cm³/mol. The molecule has 0 aliphatic rings. The number of nitrogens with one attached hydrogen (secondary N) is 1. The molecule has 0 spiro atoms. The van der Waals surface area contributed by atoms with Gasteiger partial charge in [0.25, 0.3) is 5.91 Å². The quantitative estimate of drug-likeness (QED) is 0.645. The second-order valence-electron chi connectivity index (χ2n) is 5.01. The maximum atomic E-state index is 12.0. The van der Waals surface area contributed by atoms with Gasteiger partial charge in [-0.15, -0.1) is 11.3 Å². The molecule has 3 rings (SSSR count). The van der Waals surface area contributed by atoms with Crippen molar-refractivity contribution in [1.29, 1.82) is 0 Å². The van der Waals surface area contributed by atoms with Gasteiger partial charge in [-0.05, 0) is 31.0 Å². The van der Waals surface area contributed by atoms with Crippen LogP contribution in [0.4, 0.5) is 5.13 Å². The summed E-state index contributed by atoms with van der Waals surface area (Å²) >= 11 is 1.43. The van der Waals surface area contributed by atoms with Crippen molar-refractivity contribution in [2.45, 2.75) is 19.4 Å². The maximum absolute atomic E-state index is 12.0. The highest BCUT2D eigenvalue weighted by molar-refractivity contribution is 7.13. The molecule has 0 bridgehead atoms. The van der Waals surface area contributed by atoms with Gasteiger partial charge in [-0.25, -0.2) is 4.98 Å². The average molecular weight is 331 g/mol. The number of thiazole rings is 1. The number of rotatable bonds is 7. The van der Waals surface area contributed by atoms with E-state index in [4.69, 9.17) is 10.2 Å². The summed E-state index contributed by atoms with van der Waals surface area (Å²) < 4.78 is 7.27. The van der Waals surface area contributed by atoms with Crippen molar-refractivity contribution >= 4 is 22.4 Å². The molecule has 0 saturated carbocycles. The zero-order chi connectivity index (χ0) is 16.1. The standard InChI is InChI=1S/C15H17N5O2S/c16-15-19-11(10-23-15)3-1-6-17-14(21)13-5-4-12(22-13)9-20-8-2-7-18-20/h2,4-5,7-8,10H,1,3,6,9H2,(H2,16,19)(H,17,21). The van der Waals surface area contributed by atoms with Gasteiger partial charge in [0.15, 0.2) is 10.9 Å². The van der Waals surface area contributed by atoms with Gasteiger partial charge in [0.2, 0.25) is 0 Å². The molecule has 0 atom stereocenters. The van der Waals surface area contributed by atoms with E-state index in [1.54, 1.807) is 23.0 Å². The molecule has 0 radical (unpaired) electrons. The largest absolute Gasteiger partial charge is 0.454 e. The molecule has 8 heteroatoms. The van der Waals surface area contributed by atoms with Crippen LogP contribution in [0.1, 0.15) is 28.4 Å². The van der Waals surface area contributed by atoms with Gasteiger partial charge in [0.05, 0.1) is 12.2 Å². The second kappa shape index (κ2) is 7.10. The highest BCUT2D eigenvalue weighted by Gasteiger charge is 2.11. The van der Waals surface area contributed by atoms with Crippen molar-refractivity contribution < 1.29 is 9.21 Å². The smallest absolute Gasteiger partial charge is 0.286 e. The van der Waals surface area contributed by atoms with Gasteiger partial charge in [-0.1, -0.05) is 0 Å². The van der Waals surface area contributed by atoms with Crippen LogP contribution in [-0.4, -0.2) is 27.2 Å². The normalized spacial score (nSPS) is 10.8. The lowest BCUT2D eigenvalue weighted by Gasteiger charge is -2.02. The molecule has 0 aliphatic carbocycles. The maximum Gasteiger partial charge on any atom is 0.286 e. The van der Waals surface area contributed by atoms with Gasteiger partial charge < -0.3 is 15.5 Å². The number of aryl methyl sites for hydroxylation is 1. The summed E-state index contributed by atoms with van der Waals surface area (Å²) in [5.74, 6) is 0.788. The fraction of sp³-hybridized carbons (Fsp3) is 0.267. The number of anilines is 1. The third kappa shape index (κ3) is 4.19. The summed E-state index contributed by atoms with van der Waals surface area (Å²) in [5, 5.41) is 9.45. The van der Waals surface area contributed by atoms with E-state index in [-0.39, 0.29) is 5.91 Å². The van der Waals surface area contributed by atoms with E-state index >= 15 is 0 Å². The number of nitrogen functional groups attached to an aromatic ring is 1. The third-order valence-electron chi connectivity index (χ3n) is 3.23. The van der Waals surface area contributed by atoms with Gasteiger partial charge >= 0.3 is 0 Å². The molecule has 3 aromatic rings. The number of hydrogen-bond donors (Lipinski definition) is 2. The van der Waals surface area contributed by atoms with Crippen LogP contribution in [0.3, 0.4) is 0 Å². The fourth-order valence-corrected chi connectivity index (χ4v) is 2.73. The minimum Gasteiger partial charge on any atom is -0.454 e. The SMILES string of the molecule is Nc1nc(CCCNC(=O)c2ccc(Cn3cccn3)o2)cs1. The van der Waals surface area contributed by atoms with E-state index in [9.17, 15) is 4.79 Å². The zero-order valence-corrected chi connectivity index (χ0v) is 13.3. The molecule has 3 aromatic heterocycles. The lowest BCUT2D eigenvalue weighted by atomic mass is 10.2. The number of carbonyl (C=O) groups excluding carboxylic acids is 1. The van der Waals surface area contributed by atoms with Gasteiger partial charge in [0.1, 0.15) is 5.76 Å². The molecular formula is C15H17N5O2S. The Morgan fingerprint density at radius 2 is 2.35 bits per heavy atom. The average Bonchev–Trinajstić information content (AvgIpc) is 3.26. The number of hydrogen-bond acceptors (Lipinski definition) is 6. The molecule has 3 N–H and O–H groups in total. The molecule has 7 nitrogen and oxygen atoms in total. The van der Waals surface area contributed by atoms with Crippen LogP contribution in [0.15, 0.2) is 40.4 Å². The fourth-order valence-electron chi connectivity index (χ4n) is 2.13. The van der Waals surface area contributed by atoms with E-state index in [1.165, 1.54) is 11.3 Å². The van der Waals surface area contributed by atoms with E-state index in [0.29, 0.717) is 29.7 Å². The van der Waals surface area contributed by atoms with Crippen molar-refractivity contribution in [2.75, 3.05) is 12.3 Å². The number of furan rings is 1. The first-order chi connectivity index (χ1) is 11.2. The Kier molecular flexibility index (Phi) is 4.72. The Balaban J connectivity index is 1.44. The van der Waals surface area contributed by atoms with E-state index in [1.807, 2.05) is 17.6 Å². The molecule has 0 fully saturated rings. The summed E-state index contributed by atoms with van der Waals surface area (Å²) in [6.45, 7) is 1.07. The molecule has 120 valence electrons. The van der Waals surface area contributed by atoms with Crippen molar-refractivity contribution in [3.05, 3.63) is 53.2 Å². The molecule has 3 heterocycles. The second-order valence-corrected chi connectivity index (χ2v) is 5.90. The molecule has 0 aliphatic heterocycles. The van der Waals surface area contributed by atoms with Crippen LogP contribution in [-0.2, 0) is 13.0 Å². The highest BCUT2D eigenvalue weighted by atomic mass is 32.1. The molecule has 1 amide bonds. The topological polar surface area (TPSA) is 99.0 Å². The summed E-state index contributed by atoms with van der Waals surface area (Å²) in [7, 11) is 0. The Morgan fingerprint density at radius 1 is 1.43 bits per heavy atom. The summed E-state index contributed by atoms with van der Waals surface area (Å²) in [6.07, 6.45) is 5.13. The van der Waals surface area contributed by atoms with Gasteiger partial charge in [0, 0.05) is 24.3 Å². The number of amides is 1. The van der Waals surface area contributed by atoms with Crippen LogP contribution in [0.5, 0.6) is 0 Å². The van der Waals surface area contributed by atoms with Crippen LogP contribution in [0.25, 0.3) is 0 Å². The summed E-state index contributed by atoms with van der Waals surface area (Å²) in [5.41, 5.74) is 6.54. The first-order valence-electron chi connectivity index (χ1n) is 7.25. The summed E-state index contributed by atoms with van der Waals surface area (Å²) in [6, 6.07) is 5.30. The van der Waals surface area contributed by atoms with Crippen LogP contribution in [0, 0.1) is 0 Å². The van der Waals surface area contributed by atoms with E-state index in [2.05, 4.69) is 15.4 Å². The minimum absolute atomic E-state index is 0.213. The Hall–Kier alpha value is -2.61. The van der Waals surface area contributed by atoms with Gasteiger partial charge in [-0.2, -0.15) is 5.10 Å². The molecule has 0 unspecified atom stereocenters. The molecule has 0 saturated heterocycles. The molecule has 0 aromatic carbocycles. The first kappa shape index (κ1) is 15.3. The van der Waals surface area contributed by atoms with Crippen LogP contribution in [0.2, 0.25) is 0 Å². The highest BCUT2D eigenvalue weighted by Crippen LogP contribution is 2.12. The molecular weight excluding hydrogens is 314 g/mol. The molecule has 23 heavy (non-hydrogen) atoms. The van der Waals surface area contributed by atoms with E-state index < -0.39 is 0 Å². The number of aromatic nitrogens is 3. The van der Waals surface area contributed by atoms with Gasteiger partial charge in [-0.3, -0.25) is 9.48 Å². The first-order valence-corrected chi connectivity index (χ1v) is 8.13. The van der Waals surface area contributed by atoms with Crippen molar-refractivity contribution in [1.82, 2.24) is 20.1 Å². The monoisotopic (exact) mass is 331 g/mol. The van der Waals surface area contributed by atoms with Crippen LogP contribution < -0.4 is 11.1 Å². The Morgan fingerprint density at radius 3 is 3.09 bits per heavy atom. The lowest BCUT2D eigenvalue weighted by Crippen LogP contribution is -2.24. The third-order valence-corrected chi connectivity index (χ3v) is 3.95. The number of nitrogens with zero attached hydrogens (tertiary/aromatic N) is 3. The van der Waals surface area contributed by atoms with Crippen molar-refractivity contribution in [2.24, 2.45) is 0 Å². The Bertz CT molecular complexity index is 763. The van der Waals surface area contributed by atoms with E-state index in [0.717, 1.165) is 18.5 Å². The summed E-state index contributed by atoms with van der Waals surface area (Å²) in [4.78, 5) is 16.2. The van der Waals surface area contributed by atoms with Crippen LogP contribution >= 0.6 is 11.3 Å². The lowest BCUT2D eigenvalue weighted by molar-refractivity contribution is 0.0923. The van der Waals surface area contributed by atoms with Crippen molar-refractivity contribution in [3.63, 3.8) is 0 Å². The number of nitrogens with two attached hydrogens (primary N) is 1. The zero-order valence-electron chi connectivity index (χ0n) is 12.4. The van der Waals surface area contributed by atoms with Crippen molar-refractivity contribution in [3.8, 4) is 0 Å².